The van der Waals surface area contributed by atoms with Crippen LogP contribution in [0.15, 0.2) is 0 Å². The lowest BCUT2D eigenvalue weighted by atomic mass is 10.3. The summed E-state index contributed by atoms with van der Waals surface area (Å²) in [7, 11) is -2.96. The molecular weight excluding hydrogens is 204 g/mol. The van der Waals surface area contributed by atoms with Gasteiger partial charge in [-0.2, -0.15) is 0 Å². The Morgan fingerprint density at radius 1 is 1.50 bits per heavy atom. The maximum atomic E-state index is 11.3. The summed E-state index contributed by atoms with van der Waals surface area (Å²) in [6.07, 6.45) is 0. The Morgan fingerprint density at radius 3 is 2.79 bits per heavy atom. The van der Waals surface area contributed by atoms with Crippen LogP contribution in [-0.2, 0) is 14.6 Å². The summed E-state index contributed by atoms with van der Waals surface area (Å²) in [5.41, 5.74) is 0. The average molecular weight is 220 g/mol. The lowest BCUT2D eigenvalue weighted by Gasteiger charge is -2.27. The van der Waals surface area contributed by atoms with Crippen molar-refractivity contribution in [1.29, 1.82) is 0 Å². The summed E-state index contributed by atoms with van der Waals surface area (Å²) in [5, 5.41) is 2.93. The van der Waals surface area contributed by atoms with Crippen LogP contribution in [0.25, 0.3) is 0 Å². The van der Waals surface area contributed by atoms with Gasteiger partial charge in [-0.25, -0.2) is 8.42 Å². The first-order valence-electron chi connectivity index (χ1n) is 4.74. The van der Waals surface area contributed by atoms with E-state index in [1.54, 1.807) is 11.8 Å². The quantitative estimate of drug-likeness (QED) is 0.650. The number of amides is 1. The van der Waals surface area contributed by atoms with Crippen molar-refractivity contribution in [3.8, 4) is 0 Å². The van der Waals surface area contributed by atoms with E-state index in [1.165, 1.54) is 0 Å². The molecule has 6 heteroatoms. The molecule has 1 fully saturated rings. The van der Waals surface area contributed by atoms with Crippen molar-refractivity contribution in [3.05, 3.63) is 0 Å². The highest BCUT2D eigenvalue weighted by atomic mass is 32.2. The van der Waals surface area contributed by atoms with Gasteiger partial charge in [0.1, 0.15) is 0 Å². The number of carbonyl (C=O) groups is 1. The number of piperazine rings is 1. The molecule has 0 atom stereocenters. The maximum Gasteiger partial charge on any atom is 0.236 e. The molecule has 1 aliphatic heterocycles. The second kappa shape index (κ2) is 4.75. The van der Waals surface area contributed by atoms with Crippen LogP contribution in [0.5, 0.6) is 0 Å². The molecule has 1 saturated heterocycles. The number of nitrogens with zero attached hydrogens (tertiary/aromatic N) is 1. The molecule has 14 heavy (non-hydrogen) atoms. The second-order valence-corrected chi connectivity index (χ2v) is 5.77. The number of sulfone groups is 1. The van der Waals surface area contributed by atoms with Crippen LogP contribution in [0.1, 0.15) is 6.92 Å². The highest BCUT2D eigenvalue weighted by molar-refractivity contribution is 7.91. The molecule has 82 valence electrons. The zero-order valence-electron chi connectivity index (χ0n) is 8.32. The molecule has 0 bridgehead atoms. The minimum Gasteiger partial charge on any atom is -0.339 e. The van der Waals surface area contributed by atoms with Gasteiger partial charge in [0.25, 0.3) is 0 Å². The van der Waals surface area contributed by atoms with E-state index in [1.807, 2.05) is 0 Å². The molecule has 0 unspecified atom stereocenters. The number of hydrogen-bond donors (Lipinski definition) is 1. The molecule has 1 N–H and O–H groups in total. The van der Waals surface area contributed by atoms with E-state index < -0.39 is 9.84 Å². The summed E-state index contributed by atoms with van der Waals surface area (Å²) in [5.74, 6) is 0.213. The van der Waals surface area contributed by atoms with Gasteiger partial charge in [-0.3, -0.25) is 4.79 Å². The molecule has 1 heterocycles. The van der Waals surface area contributed by atoms with Crippen LogP contribution in [0.4, 0.5) is 0 Å². The molecule has 0 spiro atoms. The Bertz CT molecular complexity index is 300. The molecule has 0 radical (unpaired) electrons. The number of nitrogens with one attached hydrogen (secondary N) is 1. The van der Waals surface area contributed by atoms with Crippen molar-refractivity contribution >= 4 is 15.7 Å². The van der Waals surface area contributed by atoms with E-state index in [0.717, 1.165) is 6.54 Å². The van der Waals surface area contributed by atoms with Crippen molar-refractivity contribution < 1.29 is 13.2 Å². The largest absolute Gasteiger partial charge is 0.339 e. The van der Waals surface area contributed by atoms with Gasteiger partial charge in [-0.05, 0) is 0 Å². The van der Waals surface area contributed by atoms with Crippen molar-refractivity contribution in [3.63, 3.8) is 0 Å². The fourth-order valence-corrected chi connectivity index (χ4v) is 2.06. The summed E-state index contributed by atoms with van der Waals surface area (Å²) in [6, 6.07) is 0. The van der Waals surface area contributed by atoms with E-state index in [4.69, 9.17) is 0 Å². The molecule has 0 aromatic heterocycles. The number of carbonyl (C=O) groups excluding carboxylic acids is 1. The highest BCUT2D eigenvalue weighted by Crippen LogP contribution is 1.97. The van der Waals surface area contributed by atoms with Gasteiger partial charge in [0.15, 0.2) is 9.84 Å². The summed E-state index contributed by atoms with van der Waals surface area (Å²) in [6.45, 7) is 3.63. The third-order valence-corrected chi connectivity index (χ3v) is 3.98. The van der Waals surface area contributed by atoms with E-state index in [-0.39, 0.29) is 17.4 Å². The van der Waals surface area contributed by atoms with Crippen molar-refractivity contribution in [2.75, 3.05) is 37.7 Å². The fraction of sp³-hybridized carbons (Fsp3) is 0.875. The minimum atomic E-state index is -2.96. The Labute approximate surface area is 84.4 Å². The molecule has 0 aromatic carbocycles. The first-order chi connectivity index (χ1) is 6.55. The highest BCUT2D eigenvalue weighted by Gasteiger charge is 2.19. The van der Waals surface area contributed by atoms with Gasteiger partial charge in [-0.1, -0.05) is 6.92 Å². The molecule has 1 rings (SSSR count). The van der Waals surface area contributed by atoms with Crippen LogP contribution in [0.2, 0.25) is 0 Å². The topological polar surface area (TPSA) is 66.5 Å². The van der Waals surface area contributed by atoms with Gasteiger partial charge in [-0.15, -0.1) is 0 Å². The molecule has 0 aromatic rings. The third kappa shape index (κ3) is 3.26. The zero-order chi connectivity index (χ0) is 10.6. The fourth-order valence-electron chi connectivity index (χ4n) is 1.28. The normalized spacial score (nSPS) is 18.6. The molecular formula is C8H16N2O3S. The minimum absolute atomic E-state index is 0.0115. The standard InChI is InChI=1S/C8H16N2O3S/c1-2-14(12,13)6-5-10-4-3-9-7-8(10)11/h9H,2-7H2,1H3. The van der Waals surface area contributed by atoms with Crippen LogP contribution in [0, 0.1) is 0 Å². The lowest BCUT2D eigenvalue weighted by molar-refractivity contribution is -0.131. The number of rotatable bonds is 4. The monoisotopic (exact) mass is 220 g/mol. The van der Waals surface area contributed by atoms with E-state index in [9.17, 15) is 13.2 Å². The Morgan fingerprint density at radius 2 is 2.21 bits per heavy atom. The van der Waals surface area contributed by atoms with E-state index in [0.29, 0.717) is 19.6 Å². The van der Waals surface area contributed by atoms with Gasteiger partial charge < -0.3 is 10.2 Å². The Kier molecular flexibility index (Phi) is 3.88. The lowest BCUT2D eigenvalue weighted by Crippen LogP contribution is -2.49. The molecule has 0 aliphatic carbocycles. The second-order valence-electron chi connectivity index (χ2n) is 3.29. The first-order valence-corrected chi connectivity index (χ1v) is 6.56. The Balaban J connectivity index is 2.40. The first kappa shape index (κ1) is 11.5. The summed E-state index contributed by atoms with van der Waals surface area (Å²) >= 11 is 0. The third-order valence-electron chi connectivity index (χ3n) is 2.30. The Hall–Kier alpha value is -0.620. The molecule has 1 aliphatic rings. The van der Waals surface area contributed by atoms with Crippen molar-refractivity contribution in [1.82, 2.24) is 10.2 Å². The van der Waals surface area contributed by atoms with Gasteiger partial charge in [0.05, 0.1) is 12.3 Å². The SMILES string of the molecule is CCS(=O)(=O)CCN1CCNCC1=O. The molecule has 1 amide bonds. The molecule has 5 nitrogen and oxygen atoms in total. The van der Waals surface area contributed by atoms with E-state index >= 15 is 0 Å². The summed E-state index contributed by atoms with van der Waals surface area (Å²) < 4.78 is 22.4. The van der Waals surface area contributed by atoms with Crippen molar-refractivity contribution in [2.24, 2.45) is 0 Å². The summed E-state index contributed by atoms with van der Waals surface area (Å²) in [4.78, 5) is 12.9. The van der Waals surface area contributed by atoms with Gasteiger partial charge in [0.2, 0.25) is 5.91 Å². The van der Waals surface area contributed by atoms with E-state index in [2.05, 4.69) is 5.32 Å². The van der Waals surface area contributed by atoms with Gasteiger partial charge >= 0.3 is 0 Å². The molecule has 0 saturated carbocycles. The van der Waals surface area contributed by atoms with Crippen molar-refractivity contribution in [2.45, 2.75) is 6.92 Å². The van der Waals surface area contributed by atoms with Crippen LogP contribution >= 0.6 is 0 Å². The predicted molar refractivity (Wildman–Crippen MR) is 53.8 cm³/mol. The number of hydrogen-bond acceptors (Lipinski definition) is 4. The van der Waals surface area contributed by atoms with Gasteiger partial charge in [0, 0.05) is 25.4 Å². The van der Waals surface area contributed by atoms with Crippen LogP contribution < -0.4 is 5.32 Å². The zero-order valence-corrected chi connectivity index (χ0v) is 9.14. The van der Waals surface area contributed by atoms with Crippen LogP contribution in [0.3, 0.4) is 0 Å². The van der Waals surface area contributed by atoms with Crippen LogP contribution in [-0.4, -0.2) is 56.9 Å². The smallest absolute Gasteiger partial charge is 0.236 e. The predicted octanol–water partition coefficient (Wildman–Crippen LogP) is -1.15. The maximum absolute atomic E-state index is 11.3. The average Bonchev–Trinajstić information content (AvgIpc) is 2.17.